The molecule has 4 aliphatic rings. The molecule has 0 atom stereocenters. The molecule has 21 aromatic rings. The number of para-hydroxylation sites is 5. The van der Waals surface area contributed by atoms with E-state index in [1.54, 1.807) is 44.2 Å². The first-order valence-corrected chi connectivity index (χ1v) is 45.2. The molecule has 14 heterocycles. The van der Waals surface area contributed by atoms with Gasteiger partial charge in [0.05, 0.1) is 46.4 Å². The molecule has 0 radical (unpaired) electrons. The number of methoxy groups -OCH3 is 1. The fraction of sp³-hybridized carbons (Fsp3) is 0.214. The van der Waals surface area contributed by atoms with E-state index in [4.69, 9.17) is 59.2 Å². The molecule has 0 unspecified atom stereocenters. The number of nitrogens with two attached hydrogens (primary N) is 4. The van der Waals surface area contributed by atoms with E-state index < -0.39 is 0 Å². The summed E-state index contributed by atoms with van der Waals surface area (Å²) in [6.45, 7) is 1.34. The van der Waals surface area contributed by atoms with Gasteiger partial charge in [0.1, 0.15) is 103 Å². The number of carbonyl (C=O) groups is 2. The predicted molar refractivity (Wildman–Crippen MR) is 517 cm³/mol. The minimum atomic E-state index is -0.118. The second-order valence-electron chi connectivity index (χ2n) is 35.0. The maximum atomic E-state index is 12.9. The number of hydrogen-bond acceptors (Lipinski definition) is 16. The lowest BCUT2D eigenvalue weighted by Gasteiger charge is -2.28. The minimum Gasteiger partial charge on any atom is -0.497 e. The second-order valence-corrected chi connectivity index (χ2v) is 35.4. The number of H-pyrrole nitrogens is 5. The molecule has 0 spiro atoms. The Morgan fingerprint density at radius 2 is 0.855 bits per heavy atom. The van der Waals surface area contributed by atoms with Gasteiger partial charge in [-0.25, -0.2) is 44.9 Å². The third-order valence-electron chi connectivity index (χ3n) is 27.1. The number of fused-ring (bicyclic) bond motifs is 10. The van der Waals surface area contributed by atoms with E-state index in [2.05, 4.69) is 145 Å². The Kier molecular flexibility index (Phi) is 21.0. The van der Waals surface area contributed by atoms with Gasteiger partial charge in [-0.2, -0.15) is 0 Å². The normalized spacial score (nSPS) is 16.7. The van der Waals surface area contributed by atoms with Crippen molar-refractivity contribution in [2.45, 2.75) is 107 Å². The van der Waals surface area contributed by atoms with E-state index in [0.717, 1.165) is 231 Å². The largest absolute Gasteiger partial charge is 0.497 e. The monoisotopic (exact) mass is 1750 g/mol. The summed E-state index contributed by atoms with van der Waals surface area (Å²) in [6.07, 6.45) is 30.5. The van der Waals surface area contributed by atoms with Crippen LogP contribution in [0.1, 0.15) is 151 Å². The van der Waals surface area contributed by atoms with Gasteiger partial charge in [0, 0.05) is 152 Å². The molecule has 0 bridgehead atoms. The Morgan fingerprint density at radius 1 is 0.427 bits per heavy atom. The summed E-state index contributed by atoms with van der Waals surface area (Å²) in [5.74, 6) is 8.80. The number of hydrogen-bond donors (Lipinski definition) is 11. The van der Waals surface area contributed by atoms with Crippen molar-refractivity contribution < 1.29 is 14.3 Å². The molecule has 131 heavy (non-hydrogen) atoms. The van der Waals surface area contributed by atoms with Crippen molar-refractivity contribution in [1.82, 2.24) is 98.0 Å². The van der Waals surface area contributed by atoms with Crippen LogP contribution in [0.25, 0.3) is 133 Å². The first kappa shape index (κ1) is 81.1. The summed E-state index contributed by atoms with van der Waals surface area (Å²) in [4.78, 5) is 85.0. The number of rotatable bonds is 16. The minimum absolute atomic E-state index is 0.0187. The van der Waals surface area contributed by atoms with Crippen molar-refractivity contribution in [3.63, 3.8) is 0 Å². The molecule has 28 heteroatoms. The van der Waals surface area contributed by atoms with E-state index in [0.29, 0.717) is 77.2 Å². The lowest BCUT2D eigenvalue weighted by atomic mass is 9.81. The van der Waals surface area contributed by atoms with E-state index in [-0.39, 0.29) is 17.2 Å². The Hall–Kier alpha value is -15.6. The van der Waals surface area contributed by atoms with Gasteiger partial charge in [-0.15, -0.1) is 0 Å². The molecule has 15 N–H and O–H groups in total. The smallest absolute Gasteiger partial charge is 0.269 e. The number of aromatic amines is 5. The fourth-order valence-corrected chi connectivity index (χ4v) is 20.1. The Morgan fingerprint density at radius 3 is 1.34 bits per heavy atom. The number of amides is 2. The van der Waals surface area contributed by atoms with Crippen LogP contribution in [0.5, 0.6) is 5.75 Å². The van der Waals surface area contributed by atoms with Crippen LogP contribution in [0.2, 0.25) is 5.02 Å². The zero-order valence-corrected chi connectivity index (χ0v) is 72.7. The third kappa shape index (κ3) is 15.2. The van der Waals surface area contributed by atoms with Gasteiger partial charge in [0.25, 0.3) is 11.8 Å². The Balaban J connectivity index is 0.000000104. The summed E-state index contributed by atoms with van der Waals surface area (Å²) in [7, 11) is 1.69. The maximum Gasteiger partial charge on any atom is 0.269 e. The van der Waals surface area contributed by atoms with Crippen LogP contribution in [0.4, 0.5) is 23.3 Å². The van der Waals surface area contributed by atoms with Gasteiger partial charge in [-0.3, -0.25) is 27.2 Å². The predicted octanol–water partition coefficient (Wildman–Crippen LogP) is 20.3. The molecule has 14 aromatic heterocycles. The molecular weight excluding hydrogens is 1660 g/mol. The maximum absolute atomic E-state index is 12.9. The Labute approximate surface area is 756 Å². The molecule has 7 aromatic carbocycles. The van der Waals surface area contributed by atoms with Gasteiger partial charge in [-0.05, 0) is 179 Å². The summed E-state index contributed by atoms with van der Waals surface area (Å²) in [5, 5.41) is 13.4. The topological polar surface area (TPSA) is 384 Å². The van der Waals surface area contributed by atoms with E-state index in [9.17, 15) is 9.59 Å². The van der Waals surface area contributed by atoms with Crippen LogP contribution in [-0.2, 0) is 5.41 Å². The number of aromatic nitrogens is 18. The summed E-state index contributed by atoms with van der Waals surface area (Å²) in [5.41, 5.74) is 44.1. The number of pyridine rings is 1. The number of carbonyl (C=O) groups excluding carboxylic acids is 2. The molecule has 25 rings (SSSR count). The number of benzene rings is 7. The molecule has 27 nitrogen and oxygen atoms in total. The first-order chi connectivity index (χ1) is 64.2. The number of halogens is 1. The zero-order chi connectivity index (χ0) is 88.5. The van der Waals surface area contributed by atoms with Crippen LogP contribution in [-0.4, -0.2) is 119 Å². The molecular formula is C103H95ClN24O3. The van der Waals surface area contributed by atoms with Crippen molar-refractivity contribution in [1.29, 1.82) is 0 Å². The van der Waals surface area contributed by atoms with Crippen LogP contribution < -0.4 is 38.3 Å². The zero-order valence-electron chi connectivity index (χ0n) is 72.0. The summed E-state index contributed by atoms with van der Waals surface area (Å²) >= 11 is 6.31. The van der Waals surface area contributed by atoms with Gasteiger partial charge in [0.15, 0.2) is 0 Å². The Bertz CT molecular complexity index is 7810. The van der Waals surface area contributed by atoms with E-state index >= 15 is 0 Å². The van der Waals surface area contributed by atoms with Crippen molar-refractivity contribution in [3.05, 3.63) is 301 Å². The highest BCUT2D eigenvalue weighted by Gasteiger charge is 2.50. The quantitative estimate of drug-likeness (QED) is 0.0428. The molecule has 2 amide bonds. The van der Waals surface area contributed by atoms with Crippen molar-refractivity contribution in [3.8, 4) is 51.3 Å². The van der Waals surface area contributed by atoms with Crippen LogP contribution in [0, 0.1) is 11.8 Å². The summed E-state index contributed by atoms with van der Waals surface area (Å²) < 4.78 is 13.8. The van der Waals surface area contributed by atoms with Gasteiger partial charge >= 0.3 is 0 Å². The molecule has 4 saturated carbocycles. The number of imidazole rings is 4. The van der Waals surface area contributed by atoms with Crippen molar-refractivity contribution in [2.75, 3.05) is 43.1 Å². The van der Waals surface area contributed by atoms with Crippen LogP contribution in [0.3, 0.4) is 0 Å². The van der Waals surface area contributed by atoms with Gasteiger partial charge in [-0.1, -0.05) is 133 Å². The second kappa shape index (κ2) is 33.9. The standard InChI is InChI=1S/C31H29N7O.C30H29N7O.C24H21N5O.C18H16ClN5/c32-29-28-27(26-17-22-6-2-4-8-24(22)36-26)37-30(38(28)16-15-33-29)21-11-9-19(10-12-21)18-34-31(39)25-14-13-20-5-1-3-7-23(20)35-25;31-28-27-26(25-15-20-5-1-3-7-23(20)35-25)36-29(37(27)14-13-32-28)19-11-9-18(10-12-19)16-34-30(38)22-17-33-24-8-4-2-6-21(22)24;1-30-17-8-6-16(7-9-17)24(10-11-24)23-28-20(21-22(25)26-12-13-29(21)23)19-14-15-4-2-3-5-18(15)27-19;19-12-5-2-6-13-11(12)9-14(22-13)15-16-17(20)21-7-8-24(16)18(23-15)10-3-1-4-10/h1-8,13-17,19,21,36H,9-12,18H2,(H2,32,33)(H,34,39);1-8,13-15,17-19,33,35H,9-12,16H2,(H2,31,32)(H,34,38);2-9,12-14,27H,10-11H2,1H3,(H2,25,26);2,5-10,22H,1,3-4H2,(H2,20,21). The average Bonchev–Trinajstić information content (AvgIpc) is 1.54. The van der Waals surface area contributed by atoms with E-state index in [1.165, 1.54) is 24.8 Å². The van der Waals surface area contributed by atoms with E-state index in [1.807, 2.05) is 152 Å². The molecule has 0 aliphatic heterocycles. The first-order valence-electron chi connectivity index (χ1n) is 44.9. The average molecular weight is 1750 g/mol. The summed E-state index contributed by atoms with van der Waals surface area (Å²) in [6, 6.07) is 66.7. The van der Waals surface area contributed by atoms with Crippen molar-refractivity contribution in [2.24, 2.45) is 11.8 Å². The highest BCUT2D eigenvalue weighted by Crippen LogP contribution is 2.55. The van der Waals surface area contributed by atoms with Gasteiger partial charge < -0.3 is 63.2 Å². The molecule has 4 aliphatic carbocycles. The lowest BCUT2D eigenvalue weighted by Crippen LogP contribution is -2.31. The van der Waals surface area contributed by atoms with Crippen LogP contribution in [0.15, 0.2) is 256 Å². The SMILES string of the molecule is COc1ccc(C2(c3nc(-c4cc5ccccc5[nH]4)c4c(N)nccn34)CC2)cc1.Nc1nccn2c(C3CCC(CNC(=O)c4c[nH]c5ccccc45)CC3)nc(-c3cc4ccccc4[nH]3)c12.Nc1nccn2c(C3CCC(CNC(=O)c4ccc5ccccc5n4)CC3)nc(-c3cc4ccccc4[nH]3)c12.Nc1nccn2c(C3CCC3)nc(-c3cc4c(Cl)cccc4[nH]3)c12. The lowest BCUT2D eigenvalue weighted by molar-refractivity contribution is 0.0932. The number of anilines is 4. The number of nitrogens with one attached hydrogen (secondary N) is 7. The fourth-order valence-electron chi connectivity index (χ4n) is 19.8. The number of nitrogen functional groups attached to an aromatic ring is 4. The highest BCUT2D eigenvalue weighted by molar-refractivity contribution is 6.35. The molecule has 652 valence electrons. The molecule has 0 saturated heterocycles. The number of ether oxygens (including phenoxy) is 1. The van der Waals surface area contributed by atoms with Crippen LogP contribution >= 0.6 is 11.6 Å². The van der Waals surface area contributed by atoms with Crippen molar-refractivity contribution >= 4 is 134 Å². The highest BCUT2D eigenvalue weighted by atomic mass is 35.5. The number of nitrogens with zero attached hydrogens (tertiary/aromatic N) is 13. The van der Waals surface area contributed by atoms with Gasteiger partial charge in [0.2, 0.25) is 0 Å². The third-order valence-corrected chi connectivity index (χ3v) is 27.4. The molecule has 4 fully saturated rings.